The molecule has 0 aromatic heterocycles. The van der Waals surface area contributed by atoms with E-state index in [2.05, 4.69) is 26.5 Å². The lowest BCUT2D eigenvalue weighted by atomic mass is 10.1. The second-order valence-electron chi connectivity index (χ2n) is 6.17. The summed E-state index contributed by atoms with van der Waals surface area (Å²) in [5, 5.41) is 2.12. The summed E-state index contributed by atoms with van der Waals surface area (Å²) < 4.78 is 50.4. The van der Waals surface area contributed by atoms with Crippen LogP contribution in [0, 0.1) is 0 Å². The Morgan fingerprint density at radius 3 is 1.97 bits per heavy atom. The highest BCUT2D eigenvalue weighted by molar-refractivity contribution is 9.10. The van der Waals surface area contributed by atoms with Crippen molar-refractivity contribution in [1.29, 1.82) is 0 Å². The van der Waals surface area contributed by atoms with Crippen LogP contribution in [0.15, 0.2) is 33.8 Å². The Bertz CT molecular complexity index is 843. The third kappa shape index (κ3) is 4.80. The maximum absolute atomic E-state index is 13.9. The van der Waals surface area contributed by atoms with Gasteiger partial charge in [-0.05, 0) is 39.8 Å². The van der Waals surface area contributed by atoms with Crippen LogP contribution in [0.1, 0.15) is 44.5 Å². The molecule has 12 heteroatoms. The molecule has 0 aliphatic carbocycles. The summed E-state index contributed by atoms with van der Waals surface area (Å²) in [4.78, 5) is 13.0. The second-order valence-corrected chi connectivity index (χ2v) is 12.0. The van der Waals surface area contributed by atoms with Crippen LogP contribution in [-0.2, 0) is 27.2 Å². The third-order valence-electron chi connectivity index (χ3n) is 4.24. The zero-order valence-corrected chi connectivity index (χ0v) is 20.8. The molecule has 0 saturated heterocycles. The van der Waals surface area contributed by atoms with E-state index < -0.39 is 26.0 Å². The van der Waals surface area contributed by atoms with Crippen molar-refractivity contribution in [2.75, 3.05) is 26.4 Å². The minimum absolute atomic E-state index is 0.0207. The number of halogens is 1. The van der Waals surface area contributed by atoms with Gasteiger partial charge in [-0.1, -0.05) is 28.1 Å². The molecule has 0 radical (unpaired) electrons. The summed E-state index contributed by atoms with van der Waals surface area (Å²) in [6.45, 7) is 6.62. The Labute approximate surface area is 185 Å². The van der Waals surface area contributed by atoms with Gasteiger partial charge < -0.3 is 18.1 Å². The van der Waals surface area contributed by atoms with Crippen molar-refractivity contribution in [2.24, 2.45) is 5.10 Å². The van der Waals surface area contributed by atoms with Gasteiger partial charge in [0, 0.05) is 16.5 Å². The zero-order valence-electron chi connectivity index (χ0n) is 17.4. The van der Waals surface area contributed by atoms with E-state index in [1.165, 1.54) is 0 Å². The smallest absolute Gasteiger partial charge is 0.307 e. The number of rotatable bonds is 12. The van der Waals surface area contributed by atoms with Crippen LogP contribution in [0.25, 0.3) is 0 Å². The van der Waals surface area contributed by atoms with Gasteiger partial charge in [0.1, 0.15) is 5.71 Å². The summed E-state index contributed by atoms with van der Waals surface area (Å²) in [5.74, 6) is -0.412. The molecule has 1 aliphatic heterocycles. The van der Waals surface area contributed by atoms with E-state index in [4.69, 9.17) is 18.1 Å². The molecule has 9 nitrogen and oxygen atoms in total. The minimum atomic E-state index is -4.16. The standard InChI is InChI=1S/C18H27BrN2O7P2/c1-5-25-29(23,26-6-2)18(30(24,27-7-3)28-8-4)13-16(20-21-18)17(22)14-10-9-11-15(19)12-14/h9-12,21H,5-8,13H2,1-4H3. The molecule has 0 atom stereocenters. The van der Waals surface area contributed by atoms with E-state index >= 15 is 0 Å². The van der Waals surface area contributed by atoms with E-state index in [1.54, 1.807) is 52.0 Å². The van der Waals surface area contributed by atoms with Crippen LogP contribution < -0.4 is 5.43 Å². The largest absolute Gasteiger partial charge is 0.370 e. The predicted octanol–water partition coefficient (Wildman–Crippen LogP) is 5.17. The number of carbonyl (C=O) groups is 1. The first-order valence-corrected chi connectivity index (χ1v) is 13.5. The molecule has 1 aliphatic rings. The van der Waals surface area contributed by atoms with Gasteiger partial charge >= 0.3 is 15.2 Å². The predicted molar refractivity (Wildman–Crippen MR) is 118 cm³/mol. The maximum Gasteiger partial charge on any atom is 0.370 e. The van der Waals surface area contributed by atoms with Gasteiger partial charge in [0.15, 0.2) is 0 Å². The Morgan fingerprint density at radius 1 is 1.03 bits per heavy atom. The van der Waals surface area contributed by atoms with Gasteiger partial charge in [-0.3, -0.25) is 19.4 Å². The minimum Gasteiger partial charge on any atom is -0.307 e. The number of nitrogens with one attached hydrogen (secondary N) is 1. The number of nitrogens with zero attached hydrogens (tertiary/aromatic N) is 1. The van der Waals surface area contributed by atoms with Gasteiger partial charge in [-0.25, -0.2) is 0 Å². The molecule has 0 saturated carbocycles. The fourth-order valence-corrected chi connectivity index (χ4v) is 8.73. The fraction of sp³-hybridized carbons (Fsp3) is 0.556. The number of benzene rings is 1. The normalized spacial score (nSPS) is 16.2. The first-order chi connectivity index (χ1) is 14.2. The van der Waals surface area contributed by atoms with Crippen molar-refractivity contribution in [1.82, 2.24) is 5.43 Å². The van der Waals surface area contributed by atoms with Gasteiger partial charge in [0.2, 0.25) is 5.78 Å². The Kier molecular flexibility index (Phi) is 9.01. The molecule has 0 spiro atoms. The molecular formula is C18H27BrN2O7P2. The molecule has 0 fully saturated rings. The molecule has 1 aromatic carbocycles. The average Bonchev–Trinajstić information content (AvgIpc) is 3.16. The highest BCUT2D eigenvalue weighted by Gasteiger charge is 2.68. The number of Topliss-reactive ketones (excluding diaryl/α,β-unsaturated/α-hetero) is 1. The Morgan fingerprint density at radius 2 is 1.53 bits per heavy atom. The van der Waals surface area contributed by atoms with Gasteiger partial charge in [-0.2, -0.15) is 5.10 Å². The SMILES string of the molecule is CCOP(=O)(OCC)C1(P(=O)(OCC)OCC)CC(C(=O)c2cccc(Br)c2)=NN1. The summed E-state index contributed by atoms with van der Waals surface area (Å²) in [5.41, 5.74) is 3.02. The lowest BCUT2D eigenvalue weighted by molar-refractivity contribution is 0.106. The third-order valence-corrected chi connectivity index (χ3v) is 10.9. The van der Waals surface area contributed by atoms with E-state index in [0.717, 1.165) is 4.47 Å². The lowest BCUT2D eigenvalue weighted by Crippen LogP contribution is -2.42. The molecule has 0 bridgehead atoms. The average molecular weight is 525 g/mol. The highest BCUT2D eigenvalue weighted by atomic mass is 79.9. The molecular weight excluding hydrogens is 498 g/mol. The van der Waals surface area contributed by atoms with Gasteiger partial charge in [-0.15, -0.1) is 0 Å². The number of ketones is 1. The first-order valence-electron chi connectivity index (χ1n) is 9.64. The lowest BCUT2D eigenvalue weighted by Gasteiger charge is -2.38. The Hall–Kier alpha value is -0.860. The van der Waals surface area contributed by atoms with Crippen LogP contribution >= 0.6 is 31.1 Å². The summed E-state index contributed by atoms with van der Waals surface area (Å²) in [7, 11) is -8.31. The molecule has 1 heterocycles. The molecule has 0 amide bonds. The van der Waals surface area contributed by atoms with Crippen LogP contribution in [0.5, 0.6) is 0 Å². The quantitative estimate of drug-likeness (QED) is 0.294. The summed E-state index contributed by atoms with van der Waals surface area (Å²) in [6, 6.07) is 6.77. The van der Waals surface area contributed by atoms with Crippen LogP contribution in [0.2, 0.25) is 0 Å². The van der Waals surface area contributed by atoms with E-state index in [1.807, 2.05) is 0 Å². The van der Waals surface area contributed by atoms with Crippen molar-refractivity contribution >= 4 is 42.6 Å². The number of hydrogen-bond acceptors (Lipinski definition) is 9. The first kappa shape index (κ1) is 25.4. The molecule has 168 valence electrons. The molecule has 0 unspecified atom stereocenters. The molecule has 30 heavy (non-hydrogen) atoms. The van der Waals surface area contributed by atoms with Gasteiger partial charge in [0.05, 0.1) is 26.4 Å². The molecule has 1 N–H and O–H groups in total. The molecule has 2 rings (SSSR count). The monoisotopic (exact) mass is 524 g/mol. The van der Waals surface area contributed by atoms with Crippen molar-refractivity contribution in [3.8, 4) is 0 Å². The van der Waals surface area contributed by atoms with Crippen LogP contribution in [-0.4, -0.2) is 42.9 Å². The second kappa shape index (κ2) is 10.6. The fourth-order valence-electron chi connectivity index (χ4n) is 3.04. The zero-order chi connectivity index (χ0) is 22.4. The highest BCUT2D eigenvalue weighted by Crippen LogP contribution is 2.78. The van der Waals surface area contributed by atoms with Crippen molar-refractivity contribution < 1.29 is 32.0 Å². The van der Waals surface area contributed by atoms with Crippen LogP contribution in [0.4, 0.5) is 0 Å². The van der Waals surface area contributed by atoms with Crippen LogP contribution in [0.3, 0.4) is 0 Å². The number of hydrazone groups is 1. The Balaban J connectivity index is 2.55. The topological polar surface area (TPSA) is 113 Å². The summed E-state index contributed by atoms with van der Waals surface area (Å²) in [6.07, 6.45) is -0.313. The summed E-state index contributed by atoms with van der Waals surface area (Å²) >= 11 is 3.33. The van der Waals surface area contributed by atoms with Crippen molar-refractivity contribution in [2.45, 2.75) is 39.1 Å². The van der Waals surface area contributed by atoms with E-state index in [0.29, 0.717) is 5.56 Å². The van der Waals surface area contributed by atoms with E-state index in [9.17, 15) is 13.9 Å². The maximum atomic E-state index is 13.9. The van der Waals surface area contributed by atoms with E-state index in [-0.39, 0.29) is 38.6 Å². The van der Waals surface area contributed by atoms with Crippen molar-refractivity contribution in [3.63, 3.8) is 0 Å². The molecule has 1 aromatic rings. The number of hydrogen-bond donors (Lipinski definition) is 1. The van der Waals surface area contributed by atoms with Gasteiger partial charge in [0.25, 0.3) is 5.02 Å². The van der Waals surface area contributed by atoms with Crippen molar-refractivity contribution in [3.05, 3.63) is 34.3 Å². The number of carbonyl (C=O) groups excluding carboxylic acids is 1.